The second-order valence-corrected chi connectivity index (χ2v) is 7.97. The van der Waals surface area contributed by atoms with Gasteiger partial charge in [0, 0.05) is 18.0 Å². The molecule has 0 saturated heterocycles. The first-order valence-electron chi connectivity index (χ1n) is 9.57. The predicted octanol–water partition coefficient (Wildman–Crippen LogP) is 7.64. The topological polar surface area (TPSA) is 24.8 Å². The van der Waals surface area contributed by atoms with Crippen LogP contribution >= 0.6 is 15.9 Å². The fourth-order valence-corrected chi connectivity index (χ4v) is 4.56. The number of nitrogens with zero attached hydrogens (tertiary/aromatic N) is 1. The molecule has 137 valence electrons. The number of halogens is 1. The lowest BCUT2D eigenvalue weighted by Crippen LogP contribution is -1.95. The van der Waals surface area contributed by atoms with Gasteiger partial charge in [0.2, 0.25) is 0 Å². The molecule has 0 fully saturated rings. The van der Waals surface area contributed by atoms with Gasteiger partial charge in [0.05, 0.1) is 10.2 Å². The maximum Gasteiger partial charge on any atom is 0.193 e. The van der Waals surface area contributed by atoms with Gasteiger partial charge in [-0.05, 0) is 68.9 Å². The van der Waals surface area contributed by atoms with Crippen LogP contribution in [0.25, 0.3) is 32.9 Å². The van der Waals surface area contributed by atoms with Crippen LogP contribution in [-0.4, -0.2) is 4.57 Å². The first-order chi connectivity index (χ1) is 13.1. The summed E-state index contributed by atoms with van der Waals surface area (Å²) < 4.78 is 2.96. The molecule has 0 aliphatic heterocycles. The number of aromatic nitrogens is 1. The quantitative estimate of drug-likeness (QED) is 0.296. The van der Waals surface area contributed by atoms with E-state index < -0.39 is 0 Å². The first kappa shape index (κ1) is 18.1. The smallest absolute Gasteiger partial charge is 0.193 e. The second kappa shape index (κ2) is 7.40. The Morgan fingerprint density at radius 1 is 0.963 bits per heavy atom. The molecule has 1 radical (unpaired) electrons. The standard InChI is InChI=1S/C24H23BrNO/c1-3-4-5-9-20-19-8-6-7-10-21(19)26(2)24(20)17-11-13-18-16(15-17)12-14-22(27)23(18)25/h6-8,10-15H,3-5,9H2,1-2H3. The summed E-state index contributed by atoms with van der Waals surface area (Å²) in [5.74, 6) is 0.0279. The Hall–Kier alpha value is -2.26. The van der Waals surface area contributed by atoms with E-state index in [-0.39, 0.29) is 5.75 Å². The lowest BCUT2D eigenvalue weighted by Gasteiger charge is -2.11. The normalized spacial score (nSPS) is 11.5. The van der Waals surface area contributed by atoms with E-state index in [1.54, 1.807) is 6.07 Å². The van der Waals surface area contributed by atoms with Gasteiger partial charge < -0.3 is 4.57 Å². The number of fused-ring (bicyclic) bond motifs is 2. The van der Waals surface area contributed by atoms with Gasteiger partial charge in [0.1, 0.15) is 0 Å². The lowest BCUT2D eigenvalue weighted by molar-refractivity contribution is 0.353. The third kappa shape index (κ3) is 3.14. The predicted molar refractivity (Wildman–Crippen MR) is 117 cm³/mol. The fraction of sp³-hybridized carbons (Fsp3) is 0.250. The van der Waals surface area contributed by atoms with Crippen LogP contribution < -0.4 is 0 Å². The van der Waals surface area contributed by atoms with Gasteiger partial charge in [-0.15, -0.1) is 0 Å². The van der Waals surface area contributed by atoms with Crippen LogP contribution in [-0.2, 0) is 18.6 Å². The van der Waals surface area contributed by atoms with Gasteiger partial charge >= 0.3 is 0 Å². The maximum atomic E-state index is 11.9. The molecule has 0 amide bonds. The molecule has 27 heavy (non-hydrogen) atoms. The molecule has 4 aromatic rings. The Balaban J connectivity index is 1.92. The minimum atomic E-state index is 0.0279. The lowest BCUT2D eigenvalue weighted by atomic mass is 9.98. The zero-order chi connectivity index (χ0) is 19.0. The van der Waals surface area contributed by atoms with Gasteiger partial charge in [-0.1, -0.05) is 56.2 Å². The molecule has 4 rings (SSSR count). The minimum absolute atomic E-state index is 0.0279. The molecular weight excluding hydrogens is 398 g/mol. The van der Waals surface area contributed by atoms with Crippen molar-refractivity contribution in [3.8, 4) is 17.0 Å². The molecule has 0 bridgehead atoms. The molecule has 0 unspecified atom stereocenters. The first-order valence-corrected chi connectivity index (χ1v) is 10.4. The van der Waals surface area contributed by atoms with Gasteiger partial charge in [-0.2, -0.15) is 0 Å². The summed E-state index contributed by atoms with van der Waals surface area (Å²) in [5, 5.41) is 15.3. The van der Waals surface area contributed by atoms with Crippen LogP contribution in [0.2, 0.25) is 0 Å². The van der Waals surface area contributed by atoms with E-state index in [9.17, 15) is 5.11 Å². The number of hydrogen-bond donors (Lipinski definition) is 0. The van der Waals surface area contributed by atoms with Crippen LogP contribution in [0.5, 0.6) is 5.75 Å². The summed E-state index contributed by atoms with van der Waals surface area (Å²) >= 11 is 3.44. The summed E-state index contributed by atoms with van der Waals surface area (Å²) in [6, 6.07) is 18.6. The molecule has 0 aliphatic carbocycles. The summed E-state index contributed by atoms with van der Waals surface area (Å²) in [7, 11) is 2.15. The highest BCUT2D eigenvalue weighted by molar-refractivity contribution is 9.10. The van der Waals surface area contributed by atoms with Gasteiger partial charge in [0.25, 0.3) is 0 Å². The molecular formula is C24H23BrNO. The molecule has 0 N–H and O–H groups in total. The third-order valence-corrected chi connectivity index (χ3v) is 6.25. The molecule has 3 heteroatoms. The van der Waals surface area contributed by atoms with E-state index in [0.717, 1.165) is 17.2 Å². The third-order valence-electron chi connectivity index (χ3n) is 5.43. The Labute approximate surface area is 168 Å². The molecule has 0 spiro atoms. The molecule has 3 aromatic carbocycles. The van der Waals surface area contributed by atoms with E-state index in [1.165, 1.54) is 47.0 Å². The highest BCUT2D eigenvalue weighted by atomic mass is 79.9. The van der Waals surface area contributed by atoms with Crippen molar-refractivity contribution in [2.24, 2.45) is 7.05 Å². The maximum absolute atomic E-state index is 11.9. The number of rotatable bonds is 5. The van der Waals surface area contributed by atoms with E-state index >= 15 is 0 Å². The highest BCUT2D eigenvalue weighted by Gasteiger charge is 2.17. The van der Waals surface area contributed by atoms with Gasteiger partial charge in [0.15, 0.2) is 5.75 Å². The van der Waals surface area contributed by atoms with Crippen molar-refractivity contribution in [3.63, 3.8) is 0 Å². The number of hydrogen-bond acceptors (Lipinski definition) is 0. The van der Waals surface area contributed by atoms with Crippen molar-refractivity contribution in [3.05, 3.63) is 64.6 Å². The largest absolute Gasteiger partial charge is 0.343 e. The summed E-state index contributed by atoms with van der Waals surface area (Å²) in [5.41, 5.74) is 5.20. The Morgan fingerprint density at radius 2 is 1.78 bits per heavy atom. The van der Waals surface area contributed by atoms with Crippen LogP contribution in [0.4, 0.5) is 0 Å². The van der Waals surface area contributed by atoms with Gasteiger partial charge in [-0.25, -0.2) is 0 Å². The summed E-state index contributed by atoms with van der Waals surface area (Å²) in [6.07, 6.45) is 4.77. The van der Waals surface area contributed by atoms with Crippen LogP contribution in [0.1, 0.15) is 31.7 Å². The van der Waals surface area contributed by atoms with Gasteiger partial charge in [-0.3, -0.25) is 5.11 Å². The monoisotopic (exact) mass is 420 g/mol. The van der Waals surface area contributed by atoms with Crippen LogP contribution in [0.3, 0.4) is 0 Å². The van der Waals surface area contributed by atoms with Crippen LogP contribution in [0, 0.1) is 0 Å². The van der Waals surface area contributed by atoms with E-state index in [2.05, 4.69) is 76.9 Å². The highest BCUT2D eigenvalue weighted by Crippen LogP contribution is 2.38. The number of benzene rings is 3. The molecule has 0 atom stereocenters. The van der Waals surface area contributed by atoms with E-state index in [4.69, 9.17) is 0 Å². The zero-order valence-electron chi connectivity index (χ0n) is 15.8. The Kier molecular flexibility index (Phi) is 4.96. The van der Waals surface area contributed by atoms with Crippen molar-refractivity contribution in [1.29, 1.82) is 0 Å². The van der Waals surface area contributed by atoms with Crippen molar-refractivity contribution in [1.82, 2.24) is 4.57 Å². The molecule has 1 aromatic heterocycles. The average Bonchev–Trinajstić information content (AvgIpc) is 2.97. The van der Waals surface area contributed by atoms with Crippen LogP contribution in [0.15, 0.2) is 59.1 Å². The van der Waals surface area contributed by atoms with Crippen molar-refractivity contribution >= 4 is 37.6 Å². The zero-order valence-corrected chi connectivity index (χ0v) is 17.3. The molecule has 2 nitrogen and oxygen atoms in total. The summed E-state index contributed by atoms with van der Waals surface area (Å²) in [4.78, 5) is 0. The fourth-order valence-electron chi connectivity index (χ4n) is 4.06. The van der Waals surface area contributed by atoms with E-state index in [0.29, 0.717) is 4.47 Å². The Bertz CT molecular complexity index is 1130. The number of aryl methyl sites for hydroxylation is 2. The minimum Gasteiger partial charge on any atom is -0.343 e. The van der Waals surface area contributed by atoms with E-state index in [1.807, 2.05) is 6.07 Å². The Morgan fingerprint density at radius 3 is 2.59 bits per heavy atom. The van der Waals surface area contributed by atoms with Crippen molar-refractivity contribution < 1.29 is 5.11 Å². The number of unbranched alkanes of at least 4 members (excludes halogenated alkanes) is 2. The molecule has 1 heterocycles. The van der Waals surface area contributed by atoms with Crippen molar-refractivity contribution in [2.75, 3.05) is 0 Å². The molecule has 0 saturated carbocycles. The average molecular weight is 421 g/mol. The second-order valence-electron chi connectivity index (χ2n) is 7.17. The molecule has 0 aliphatic rings. The summed E-state index contributed by atoms with van der Waals surface area (Å²) in [6.45, 7) is 2.25. The number of para-hydroxylation sites is 1. The SMILES string of the molecule is CCCCCc1c(-c2ccc3c(Br)c([O])ccc3c2)n(C)c2ccccc12. The van der Waals surface area contributed by atoms with Crippen molar-refractivity contribution in [2.45, 2.75) is 32.6 Å².